The van der Waals surface area contributed by atoms with E-state index in [1.54, 1.807) is 0 Å². The fourth-order valence-electron chi connectivity index (χ4n) is 11.2. The van der Waals surface area contributed by atoms with Crippen molar-refractivity contribution in [3.63, 3.8) is 0 Å². The normalized spacial score (nSPS) is 12.2. The fraction of sp³-hybridized carbons (Fsp3) is 0.258. The second kappa shape index (κ2) is 17.6. The minimum Gasteiger partial charge on any atom is -0.340 e. The van der Waals surface area contributed by atoms with Crippen molar-refractivity contribution in [2.45, 2.75) is 104 Å². The number of hydrogen-bond acceptors (Lipinski definition) is 2. The summed E-state index contributed by atoms with van der Waals surface area (Å²) in [5.74, 6) is 7.35. The maximum atomic E-state index is 3.67. The number of thiophene rings is 2. The van der Waals surface area contributed by atoms with Crippen LogP contribution in [0.15, 0.2) is 133 Å². The van der Waals surface area contributed by atoms with Crippen LogP contribution in [0.5, 0.6) is 0 Å². The Bertz CT molecular complexity index is 3620. The molecule has 66 heavy (non-hydrogen) atoms. The molecule has 0 bridgehead atoms. The second-order valence-corrected chi connectivity index (χ2v) is 20.9. The molecule has 0 spiro atoms. The van der Waals surface area contributed by atoms with E-state index < -0.39 is 0 Å². The number of unbranched alkanes of at least 4 members (excludes halogenated alkanes) is 10. The fourth-order valence-corrected chi connectivity index (χ4v) is 13.7. The Morgan fingerprint density at radius 1 is 0.348 bits per heavy atom. The van der Waals surface area contributed by atoms with Gasteiger partial charge >= 0.3 is 0 Å². The predicted molar refractivity (Wildman–Crippen MR) is 292 cm³/mol. The van der Waals surface area contributed by atoms with Crippen molar-refractivity contribution in [3.05, 3.63) is 145 Å². The summed E-state index contributed by atoms with van der Waals surface area (Å²) in [7, 11) is 0. The number of rotatable bonds is 14. The molecule has 0 atom stereocenters. The molecule has 0 aliphatic heterocycles. The third kappa shape index (κ3) is 7.06. The highest BCUT2D eigenvalue weighted by Gasteiger charge is 2.19. The van der Waals surface area contributed by atoms with Crippen molar-refractivity contribution < 1.29 is 0 Å². The summed E-state index contributed by atoms with van der Waals surface area (Å²) < 4.78 is 10.8. The largest absolute Gasteiger partial charge is 0.340 e. The maximum Gasteiger partial charge on any atom is 0.0571 e. The molecule has 326 valence electrons. The van der Waals surface area contributed by atoms with Gasteiger partial charge < -0.3 is 9.13 Å². The highest BCUT2D eigenvalue weighted by molar-refractivity contribution is 7.27. The summed E-state index contributed by atoms with van der Waals surface area (Å²) in [4.78, 5) is 0. The Morgan fingerprint density at radius 3 is 1.14 bits per heavy atom. The average Bonchev–Trinajstić information content (AvgIpc) is 4.11. The number of hydrogen-bond donors (Lipinski definition) is 0. The summed E-state index contributed by atoms with van der Waals surface area (Å²) in [5, 5.41) is 16.2. The molecule has 12 aromatic rings. The number of aryl methyl sites for hydroxylation is 2. The molecule has 0 amide bonds. The summed E-state index contributed by atoms with van der Waals surface area (Å²) in [6.07, 6.45) is 15.3. The van der Waals surface area contributed by atoms with E-state index in [4.69, 9.17) is 0 Å². The minimum atomic E-state index is 1.01. The molecule has 4 heterocycles. The first kappa shape index (κ1) is 41.3. The first-order chi connectivity index (χ1) is 32.7. The lowest BCUT2D eigenvalue weighted by Gasteiger charge is -2.11. The summed E-state index contributed by atoms with van der Waals surface area (Å²) in [5.41, 5.74) is 7.45. The van der Waals surface area contributed by atoms with E-state index in [2.05, 4.69) is 168 Å². The molecule has 0 saturated heterocycles. The first-order valence-corrected chi connectivity index (χ1v) is 26.4. The van der Waals surface area contributed by atoms with Crippen LogP contribution in [0.1, 0.15) is 102 Å². The second-order valence-electron chi connectivity index (χ2n) is 18.7. The van der Waals surface area contributed by atoms with E-state index >= 15 is 0 Å². The van der Waals surface area contributed by atoms with Crippen LogP contribution in [0.25, 0.3) is 106 Å². The van der Waals surface area contributed by atoms with Crippen molar-refractivity contribution in [1.82, 2.24) is 9.13 Å². The monoisotopic (exact) mass is 892 g/mol. The van der Waals surface area contributed by atoms with Crippen molar-refractivity contribution in [1.29, 1.82) is 0 Å². The topological polar surface area (TPSA) is 9.86 Å². The third-order valence-electron chi connectivity index (χ3n) is 14.5. The molecule has 8 aromatic carbocycles. The smallest absolute Gasteiger partial charge is 0.0571 e. The first-order valence-electron chi connectivity index (χ1n) is 24.8. The van der Waals surface area contributed by atoms with Crippen LogP contribution in [0.3, 0.4) is 0 Å². The van der Waals surface area contributed by atoms with Crippen LogP contribution in [-0.4, -0.2) is 9.13 Å². The van der Waals surface area contributed by atoms with Crippen molar-refractivity contribution in [2.75, 3.05) is 0 Å². The highest BCUT2D eigenvalue weighted by Crippen LogP contribution is 2.44. The van der Waals surface area contributed by atoms with E-state index in [-0.39, 0.29) is 0 Å². The maximum absolute atomic E-state index is 3.67. The van der Waals surface area contributed by atoms with E-state index in [9.17, 15) is 0 Å². The number of nitrogens with zero attached hydrogens (tertiary/aromatic N) is 2. The van der Waals surface area contributed by atoms with Gasteiger partial charge in [0.25, 0.3) is 0 Å². The molecule has 2 nitrogen and oxygen atoms in total. The van der Waals surface area contributed by atoms with Gasteiger partial charge in [0.1, 0.15) is 0 Å². The molecule has 12 rings (SSSR count). The number of fused-ring (bicyclic) bond motifs is 18. The number of benzene rings is 8. The SMILES string of the molecule is CCCCCCCCn1c2cc(C#Cc3ccc4c5ccc6c(ccc7c8ccccc8sc76)c5n(CCCCCCCC)c4c3)ccc2c2ccc3c(ccc4c5ccccc5sc43)c21. The zero-order valence-corrected chi connectivity index (χ0v) is 39.9. The van der Waals surface area contributed by atoms with Crippen molar-refractivity contribution in [3.8, 4) is 11.8 Å². The van der Waals surface area contributed by atoms with E-state index in [0.717, 1.165) is 24.2 Å². The van der Waals surface area contributed by atoms with E-state index in [0.29, 0.717) is 0 Å². The molecule has 0 fully saturated rings. The molecule has 0 saturated carbocycles. The summed E-state index contributed by atoms with van der Waals surface area (Å²) in [6.45, 7) is 6.62. The molecule has 0 radical (unpaired) electrons. The predicted octanol–water partition coefficient (Wildman–Crippen LogP) is 19.1. The van der Waals surface area contributed by atoms with Gasteiger partial charge in [-0.25, -0.2) is 0 Å². The van der Waals surface area contributed by atoms with Gasteiger partial charge in [-0.15, -0.1) is 22.7 Å². The zero-order valence-electron chi connectivity index (χ0n) is 38.3. The Morgan fingerprint density at radius 2 is 0.697 bits per heavy atom. The standard InChI is InChI=1S/C62H56N2S2/c1-3-5-7-9-11-17-37-63-55-39-41(25-27-43(55)47-29-35-53-49(59(47)63)31-33-51-45-19-13-15-21-57(45)65-61(51)53)23-24-42-26-28-44-48-30-36-54-50(32-34-52-46-20-14-16-22-58(46)66-62(52)54)60(48)64(56(44)40-42)38-18-12-10-8-6-4-2/h13-16,19-22,25-36,39-40H,3-12,17-18,37-38H2,1-2H3. The van der Waals surface area contributed by atoms with Gasteiger partial charge in [-0.3, -0.25) is 0 Å². The van der Waals surface area contributed by atoms with Crippen LogP contribution in [-0.2, 0) is 13.1 Å². The van der Waals surface area contributed by atoms with Crippen LogP contribution < -0.4 is 0 Å². The van der Waals surface area contributed by atoms with Gasteiger partial charge in [-0.1, -0.05) is 187 Å². The molecular weight excluding hydrogens is 837 g/mol. The van der Waals surface area contributed by atoms with Crippen molar-refractivity contribution in [2.24, 2.45) is 0 Å². The lowest BCUT2D eigenvalue weighted by molar-refractivity contribution is 0.571. The highest BCUT2D eigenvalue weighted by atomic mass is 32.1. The van der Waals surface area contributed by atoms with Gasteiger partial charge in [0, 0.05) is 108 Å². The molecule has 0 N–H and O–H groups in total. The van der Waals surface area contributed by atoms with Gasteiger partial charge in [0.2, 0.25) is 0 Å². The zero-order chi connectivity index (χ0) is 44.1. The quantitative estimate of drug-likeness (QED) is 0.0760. The van der Waals surface area contributed by atoms with Gasteiger partial charge in [-0.05, 0) is 49.2 Å². The molecular formula is C62H56N2S2. The molecule has 4 aromatic heterocycles. The van der Waals surface area contributed by atoms with Gasteiger partial charge in [0.05, 0.1) is 22.1 Å². The average molecular weight is 893 g/mol. The molecule has 0 aliphatic carbocycles. The molecule has 0 aliphatic rings. The summed E-state index contributed by atoms with van der Waals surface area (Å²) >= 11 is 3.86. The lowest BCUT2D eigenvalue weighted by Crippen LogP contribution is -1.99. The van der Waals surface area contributed by atoms with E-state index in [1.165, 1.54) is 183 Å². The van der Waals surface area contributed by atoms with Crippen LogP contribution >= 0.6 is 22.7 Å². The van der Waals surface area contributed by atoms with E-state index in [1.807, 2.05) is 22.7 Å². The van der Waals surface area contributed by atoms with Gasteiger partial charge in [0.15, 0.2) is 0 Å². The summed E-state index contributed by atoms with van der Waals surface area (Å²) in [6, 6.07) is 50.7. The Balaban J connectivity index is 0.960. The van der Waals surface area contributed by atoms with Crippen LogP contribution in [0, 0.1) is 11.8 Å². The van der Waals surface area contributed by atoms with Crippen LogP contribution in [0.4, 0.5) is 0 Å². The lowest BCUT2D eigenvalue weighted by atomic mass is 10.0. The third-order valence-corrected chi connectivity index (χ3v) is 17.0. The Labute approximate surface area is 395 Å². The molecule has 0 unspecified atom stereocenters. The Hall–Kier alpha value is -6.12. The minimum absolute atomic E-state index is 1.01. The van der Waals surface area contributed by atoms with Crippen molar-refractivity contribution >= 4 is 128 Å². The van der Waals surface area contributed by atoms with Crippen LogP contribution in [0.2, 0.25) is 0 Å². The molecule has 4 heteroatoms. The van der Waals surface area contributed by atoms with Gasteiger partial charge in [-0.2, -0.15) is 0 Å². The number of aromatic nitrogens is 2. The Kier molecular flexibility index (Phi) is 11.0.